The molecule has 0 saturated heterocycles. The second-order valence-corrected chi connectivity index (χ2v) is 3.83. The number of benzene rings is 1. The maximum Gasteiger partial charge on any atom is 0.123 e. The van der Waals surface area contributed by atoms with Crippen LogP contribution in [0, 0.1) is 5.82 Å². The summed E-state index contributed by atoms with van der Waals surface area (Å²) in [5.41, 5.74) is 0.610. The van der Waals surface area contributed by atoms with Crippen molar-refractivity contribution in [3.8, 4) is 0 Å². The third-order valence-electron chi connectivity index (χ3n) is 2.41. The number of aliphatic hydroxyl groups excluding tert-OH is 1. The molecule has 1 unspecified atom stereocenters. The van der Waals surface area contributed by atoms with Gasteiger partial charge in [0.15, 0.2) is 0 Å². The van der Waals surface area contributed by atoms with E-state index in [1.807, 2.05) is 0 Å². The lowest BCUT2D eigenvalue weighted by atomic mass is 10.1. The van der Waals surface area contributed by atoms with E-state index in [1.165, 1.54) is 12.1 Å². The molecule has 0 aromatic heterocycles. The topological polar surface area (TPSA) is 29.5 Å². The zero-order valence-electron chi connectivity index (χ0n) is 9.66. The van der Waals surface area contributed by atoms with Gasteiger partial charge in [-0.1, -0.05) is 25.5 Å². The van der Waals surface area contributed by atoms with Gasteiger partial charge in [0.05, 0.1) is 6.10 Å². The largest absolute Gasteiger partial charge is 0.388 e. The van der Waals surface area contributed by atoms with E-state index in [2.05, 4.69) is 6.92 Å². The number of hydrogen-bond donors (Lipinski definition) is 1. The van der Waals surface area contributed by atoms with Gasteiger partial charge in [0.25, 0.3) is 0 Å². The van der Waals surface area contributed by atoms with Crippen molar-refractivity contribution in [1.29, 1.82) is 0 Å². The first-order valence-electron chi connectivity index (χ1n) is 5.75. The molecule has 2 nitrogen and oxygen atoms in total. The summed E-state index contributed by atoms with van der Waals surface area (Å²) in [6, 6.07) is 6.05. The minimum atomic E-state index is -0.641. The van der Waals surface area contributed by atoms with Gasteiger partial charge in [0, 0.05) is 19.6 Å². The smallest absolute Gasteiger partial charge is 0.123 e. The van der Waals surface area contributed by atoms with Crippen molar-refractivity contribution in [2.24, 2.45) is 0 Å². The third-order valence-corrected chi connectivity index (χ3v) is 2.41. The molecule has 1 aromatic carbocycles. The second kappa shape index (κ2) is 7.36. The molecular weight excluding hydrogens is 207 g/mol. The van der Waals surface area contributed by atoms with Crippen LogP contribution in [0.1, 0.15) is 37.9 Å². The predicted octanol–water partition coefficient (Wildman–Crippen LogP) is 3.07. The van der Waals surface area contributed by atoms with Gasteiger partial charge in [-0.05, 0) is 24.1 Å². The Kier molecular flexibility index (Phi) is 6.04. The van der Waals surface area contributed by atoms with Crippen LogP contribution in [0.2, 0.25) is 0 Å². The SMILES string of the molecule is CCCCOCCC(O)c1cccc(F)c1. The number of halogens is 1. The molecule has 1 N–H and O–H groups in total. The van der Waals surface area contributed by atoms with Gasteiger partial charge < -0.3 is 9.84 Å². The zero-order valence-corrected chi connectivity index (χ0v) is 9.66. The number of hydrogen-bond acceptors (Lipinski definition) is 2. The molecule has 0 heterocycles. The number of aliphatic hydroxyl groups is 1. The maximum atomic E-state index is 12.9. The Labute approximate surface area is 96.1 Å². The molecule has 0 amide bonds. The zero-order chi connectivity index (χ0) is 11.8. The van der Waals surface area contributed by atoms with Crippen LogP contribution in [0.15, 0.2) is 24.3 Å². The number of ether oxygens (including phenoxy) is 1. The average Bonchev–Trinajstić information content (AvgIpc) is 2.28. The van der Waals surface area contributed by atoms with E-state index in [1.54, 1.807) is 12.1 Å². The second-order valence-electron chi connectivity index (χ2n) is 3.83. The van der Waals surface area contributed by atoms with Crippen LogP contribution in [0.4, 0.5) is 4.39 Å². The summed E-state index contributed by atoms with van der Waals surface area (Å²) in [7, 11) is 0. The summed E-state index contributed by atoms with van der Waals surface area (Å²) in [5, 5.41) is 9.75. The van der Waals surface area contributed by atoms with Crippen LogP contribution in [-0.2, 0) is 4.74 Å². The van der Waals surface area contributed by atoms with Crippen LogP contribution in [0.5, 0.6) is 0 Å². The molecule has 0 fully saturated rings. The van der Waals surface area contributed by atoms with E-state index >= 15 is 0 Å². The number of rotatable bonds is 7. The Morgan fingerprint density at radius 1 is 1.38 bits per heavy atom. The lowest BCUT2D eigenvalue weighted by Gasteiger charge is -2.11. The Morgan fingerprint density at radius 3 is 2.88 bits per heavy atom. The van der Waals surface area contributed by atoms with Gasteiger partial charge in [-0.3, -0.25) is 0 Å². The molecule has 0 saturated carbocycles. The van der Waals surface area contributed by atoms with Crippen LogP contribution in [0.3, 0.4) is 0 Å². The lowest BCUT2D eigenvalue weighted by Crippen LogP contribution is -2.04. The Morgan fingerprint density at radius 2 is 2.19 bits per heavy atom. The monoisotopic (exact) mass is 226 g/mol. The third kappa shape index (κ3) is 4.73. The highest BCUT2D eigenvalue weighted by atomic mass is 19.1. The van der Waals surface area contributed by atoms with E-state index in [0.717, 1.165) is 19.4 Å². The first kappa shape index (κ1) is 13.1. The van der Waals surface area contributed by atoms with Gasteiger partial charge in [0.1, 0.15) is 5.82 Å². The Hall–Kier alpha value is -0.930. The average molecular weight is 226 g/mol. The van der Waals surface area contributed by atoms with Crippen molar-refractivity contribution < 1.29 is 14.2 Å². The molecule has 0 radical (unpaired) electrons. The lowest BCUT2D eigenvalue weighted by molar-refractivity contribution is 0.0803. The number of unbranched alkanes of at least 4 members (excludes halogenated alkanes) is 1. The fraction of sp³-hybridized carbons (Fsp3) is 0.538. The van der Waals surface area contributed by atoms with E-state index in [4.69, 9.17) is 4.74 Å². The molecule has 1 aromatic rings. The van der Waals surface area contributed by atoms with E-state index in [-0.39, 0.29) is 5.82 Å². The molecule has 0 spiro atoms. The highest BCUT2D eigenvalue weighted by Crippen LogP contribution is 2.17. The van der Waals surface area contributed by atoms with Gasteiger partial charge in [-0.15, -0.1) is 0 Å². The van der Waals surface area contributed by atoms with Gasteiger partial charge in [-0.2, -0.15) is 0 Å². The van der Waals surface area contributed by atoms with Crippen molar-refractivity contribution in [2.75, 3.05) is 13.2 Å². The Balaban J connectivity index is 2.27. The van der Waals surface area contributed by atoms with E-state index in [0.29, 0.717) is 18.6 Å². The van der Waals surface area contributed by atoms with Crippen LogP contribution < -0.4 is 0 Å². The van der Waals surface area contributed by atoms with Gasteiger partial charge in [-0.25, -0.2) is 4.39 Å². The quantitative estimate of drug-likeness (QED) is 0.724. The van der Waals surface area contributed by atoms with Gasteiger partial charge >= 0.3 is 0 Å². The fourth-order valence-electron chi connectivity index (χ4n) is 1.42. The fourth-order valence-corrected chi connectivity index (χ4v) is 1.42. The van der Waals surface area contributed by atoms with Crippen LogP contribution in [-0.4, -0.2) is 18.3 Å². The molecule has 1 rings (SSSR count). The molecule has 0 aliphatic carbocycles. The maximum absolute atomic E-state index is 12.9. The normalized spacial score (nSPS) is 12.7. The summed E-state index contributed by atoms with van der Waals surface area (Å²) >= 11 is 0. The minimum Gasteiger partial charge on any atom is -0.388 e. The highest BCUT2D eigenvalue weighted by molar-refractivity contribution is 5.18. The van der Waals surface area contributed by atoms with E-state index < -0.39 is 6.10 Å². The summed E-state index contributed by atoms with van der Waals surface area (Å²) in [6.07, 6.45) is 2.01. The first-order valence-corrected chi connectivity index (χ1v) is 5.75. The molecule has 16 heavy (non-hydrogen) atoms. The molecule has 0 bridgehead atoms. The molecule has 1 atom stereocenters. The summed E-state index contributed by atoms with van der Waals surface area (Å²) in [5.74, 6) is -0.316. The summed E-state index contributed by atoms with van der Waals surface area (Å²) in [6.45, 7) is 3.34. The molecular formula is C13H19FO2. The Bertz CT molecular complexity index is 302. The highest BCUT2D eigenvalue weighted by Gasteiger charge is 2.07. The molecule has 3 heteroatoms. The predicted molar refractivity (Wildman–Crippen MR) is 61.7 cm³/mol. The molecule has 0 aliphatic heterocycles. The van der Waals surface area contributed by atoms with Crippen molar-refractivity contribution >= 4 is 0 Å². The summed E-state index contributed by atoms with van der Waals surface area (Å²) < 4.78 is 18.2. The van der Waals surface area contributed by atoms with Crippen molar-refractivity contribution in [1.82, 2.24) is 0 Å². The summed E-state index contributed by atoms with van der Waals surface area (Å²) in [4.78, 5) is 0. The standard InChI is InChI=1S/C13H19FO2/c1-2-3-8-16-9-7-13(15)11-5-4-6-12(14)10-11/h4-6,10,13,15H,2-3,7-9H2,1H3. The molecule has 0 aliphatic rings. The van der Waals surface area contributed by atoms with Crippen LogP contribution in [0.25, 0.3) is 0 Å². The molecule has 90 valence electrons. The van der Waals surface area contributed by atoms with Crippen molar-refractivity contribution in [2.45, 2.75) is 32.3 Å². The van der Waals surface area contributed by atoms with Crippen molar-refractivity contribution in [3.05, 3.63) is 35.6 Å². The van der Waals surface area contributed by atoms with Gasteiger partial charge in [0.2, 0.25) is 0 Å². The van der Waals surface area contributed by atoms with Crippen molar-refractivity contribution in [3.63, 3.8) is 0 Å². The first-order chi connectivity index (χ1) is 7.74. The minimum absolute atomic E-state index is 0.316. The van der Waals surface area contributed by atoms with Crippen LogP contribution >= 0.6 is 0 Å². The van der Waals surface area contributed by atoms with E-state index in [9.17, 15) is 9.50 Å².